The maximum Gasteiger partial charge on any atom is 0.407 e. The van der Waals surface area contributed by atoms with E-state index in [2.05, 4.69) is 29.6 Å². The van der Waals surface area contributed by atoms with Crippen LogP contribution in [0.5, 0.6) is 0 Å². The number of piperidine rings is 1. The number of carboxylic acids is 1. The Kier molecular flexibility index (Phi) is 6.50. The molecule has 0 spiro atoms. The van der Waals surface area contributed by atoms with Crippen molar-refractivity contribution in [2.24, 2.45) is 17.8 Å². The Hall–Kier alpha value is -3.35. The molecule has 7 nitrogen and oxygen atoms in total. The van der Waals surface area contributed by atoms with Crippen LogP contribution in [-0.2, 0) is 14.3 Å². The van der Waals surface area contributed by atoms with Crippen molar-refractivity contribution in [3.05, 3.63) is 59.7 Å². The van der Waals surface area contributed by atoms with Gasteiger partial charge < -0.3 is 20.1 Å². The Morgan fingerprint density at radius 3 is 2.37 bits per heavy atom. The third-order valence-electron chi connectivity index (χ3n) is 7.87. The number of nitrogens with one attached hydrogen (secondary N) is 1. The van der Waals surface area contributed by atoms with E-state index in [0.717, 1.165) is 6.42 Å². The molecule has 2 fully saturated rings. The van der Waals surface area contributed by atoms with Crippen molar-refractivity contribution in [1.82, 2.24) is 10.2 Å². The van der Waals surface area contributed by atoms with Gasteiger partial charge in [-0.1, -0.05) is 48.5 Å². The second kappa shape index (κ2) is 9.72. The molecule has 1 saturated carbocycles. The molecule has 2 aromatic rings. The largest absolute Gasteiger partial charge is 0.481 e. The molecule has 3 aliphatic rings. The van der Waals surface area contributed by atoms with Crippen molar-refractivity contribution in [1.29, 1.82) is 0 Å². The van der Waals surface area contributed by atoms with Crippen molar-refractivity contribution in [3.63, 3.8) is 0 Å². The summed E-state index contributed by atoms with van der Waals surface area (Å²) in [4.78, 5) is 38.0. The summed E-state index contributed by atoms with van der Waals surface area (Å²) in [7, 11) is 0. The van der Waals surface area contributed by atoms with Crippen LogP contribution in [0.4, 0.5) is 4.79 Å². The maximum atomic E-state index is 12.6. The number of alkyl carbamates (subject to hydrolysis) is 1. The molecule has 1 saturated heterocycles. The van der Waals surface area contributed by atoms with Crippen LogP contribution >= 0.6 is 0 Å². The standard InChI is InChI=1S/C28H32N2O5/c1-17(7-6-12-25(31)30-14-13-22-23(15-30)26(22)27(32)33)29-28(34)35-16-24-20-10-4-2-8-18(20)19-9-3-5-11-21(19)24/h2-5,8-11,17,22-24,26H,6-7,12-16H2,1H3,(H,29,34)(H,32,33)/t17?,22-,23+,26?/m0/s1. The van der Waals surface area contributed by atoms with Gasteiger partial charge in [0.05, 0.1) is 5.92 Å². The van der Waals surface area contributed by atoms with E-state index in [1.165, 1.54) is 22.3 Å². The van der Waals surface area contributed by atoms with Gasteiger partial charge in [0.15, 0.2) is 0 Å². The summed E-state index contributed by atoms with van der Waals surface area (Å²) in [6.07, 6.45) is 2.09. The molecule has 2 amide bonds. The number of carboxylic acid groups (broad SMARTS) is 1. The number of hydrogen-bond acceptors (Lipinski definition) is 4. The van der Waals surface area contributed by atoms with Gasteiger partial charge in [0.25, 0.3) is 0 Å². The van der Waals surface area contributed by atoms with E-state index in [9.17, 15) is 19.5 Å². The number of benzene rings is 2. The van der Waals surface area contributed by atoms with Gasteiger partial charge in [-0.05, 0) is 60.3 Å². The zero-order valence-electron chi connectivity index (χ0n) is 20.0. The third kappa shape index (κ3) is 4.77. The molecule has 184 valence electrons. The first-order valence-corrected chi connectivity index (χ1v) is 12.6. The van der Waals surface area contributed by atoms with Crippen molar-refractivity contribution in [2.75, 3.05) is 19.7 Å². The molecule has 4 atom stereocenters. The van der Waals surface area contributed by atoms with Gasteiger partial charge in [-0.3, -0.25) is 9.59 Å². The molecule has 2 unspecified atom stereocenters. The number of carbonyl (C=O) groups is 3. The summed E-state index contributed by atoms with van der Waals surface area (Å²) in [5.41, 5.74) is 4.75. The summed E-state index contributed by atoms with van der Waals surface area (Å²) in [5.74, 6) is -0.528. The van der Waals surface area contributed by atoms with Crippen LogP contribution < -0.4 is 5.32 Å². The Morgan fingerprint density at radius 1 is 1.06 bits per heavy atom. The molecule has 1 aliphatic heterocycles. The van der Waals surface area contributed by atoms with Crippen LogP contribution in [0.3, 0.4) is 0 Å². The molecule has 2 N–H and O–H groups in total. The topological polar surface area (TPSA) is 95.9 Å². The molecular weight excluding hydrogens is 444 g/mol. The first-order valence-electron chi connectivity index (χ1n) is 12.6. The first kappa shape index (κ1) is 23.4. The summed E-state index contributed by atoms with van der Waals surface area (Å²) < 4.78 is 5.61. The summed E-state index contributed by atoms with van der Waals surface area (Å²) in [5, 5.41) is 12.1. The lowest BCUT2D eigenvalue weighted by atomic mass is 9.98. The average Bonchev–Trinajstić information content (AvgIpc) is 3.50. The highest BCUT2D eigenvalue weighted by Gasteiger charge is 2.57. The van der Waals surface area contributed by atoms with E-state index >= 15 is 0 Å². The number of amides is 2. The number of carbonyl (C=O) groups excluding carboxylic acids is 2. The van der Waals surface area contributed by atoms with E-state index in [1.807, 2.05) is 36.1 Å². The molecule has 0 bridgehead atoms. The highest BCUT2D eigenvalue weighted by Crippen LogP contribution is 2.51. The average molecular weight is 477 g/mol. The van der Waals surface area contributed by atoms with E-state index < -0.39 is 12.1 Å². The van der Waals surface area contributed by atoms with Crippen LogP contribution in [-0.4, -0.2) is 53.7 Å². The fourth-order valence-electron chi connectivity index (χ4n) is 5.96. The molecule has 2 aromatic carbocycles. The van der Waals surface area contributed by atoms with Gasteiger partial charge in [-0.25, -0.2) is 4.79 Å². The van der Waals surface area contributed by atoms with Gasteiger partial charge >= 0.3 is 12.1 Å². The predicted octanol–water partition coefficient (Wildman–Crippen LogP) is 4.26. The first-order chi connectivity index (χ1) is 16.9. The van der Waals surface area contributed by atoms with Gasteiger partial charge in [0.2, 0.25) is 5.91 Å². The van der Waals surface area contributed by atoms with E-state index in [4.69, 9.17) is 4.74 Å². The van der Waals surface area contributed by atoms with Crippen LogP contribution in [0.1, 0.15) is 49.7 Å². The minimum atomic E-state index is -0.734. The van der Waals surface area contributed by atoms with Crippen molar-refractivity contribution >= 4 is 18.0 Å². The second-order valence-corrected chi connectivity index (χ2v) is 10.1. The number of nitrogens with zero attached hydrogens (tertiary/aromatic N) is 1. The van der Waals surface area contributed by atoms with Gasteiger partial charge in [-0.2, -0.15) is 0 Å². The van der Waals surface area contributed by atoms with Crippen LogP contribution in [0, 0.1) is 17.8 Å². The van der Waals surface area contributed by atoms with E-state index in [0.29, 0.717) is 32.4 Å². The molecule has 2 aliphatic carbocycles. The Balaban J connectivity index is 1.04. The molecular formula is C28H32N2O5. The molecule has 0 radical (unpaired) electrons. The number of hydrogen-bond donors (Lipinski definition) is 2. The molecule has 35 heavy (non-hydrogen) atoms. The fraction of sp³-hybridized carbons (Fsp3) is 0.464. The Morgan fingerprint density at radius 2 is 1.71 bits per heavy atom. The third-order valence-corrected chi connectivity index (χ3v) is 7.87. The summed E-state index contributed by atoms with van der Waals surface area (Å²) in [6.45, 7) is 3.41. The lowest BCUT2D eigenvalue weighted by Crippen LogP contribution is -2.37. The number of aliphatic carboxylic acids is 1. The number of fused-ring (bicyclic) bond motifs is 4. The van der Waals surface area contributed by atoms with Crippen molar-refractivity contribution < 1.29 is 24.2 Å². The smallest absolute Gasteiger partial charge is 0.407 e. The molecule has 1 heterocycles. The van der Waals surface area contributed by atoms with Crippen molar-refractivity contribution in [2.45, 2.75) is 44.6 Å². The molecule has 7 heteroatoms. The zero-order chi connectivity index (χ0) is 24.5. The Bertz CT molecular complexity index is 1090. The Labute approximate surface area is 205 Å². The number of ether oxygens (including phenoxy) is 1. The second-order valence-electron chi connectivity index (χ2n) is 10.1. The molecule has 5 rings (SSSR count). The summed E-state index contributed by atoms with van der Waals surface area (Å²) in [6, 6.07) is 16.4. The lowest BCUT2D eigenvalue weighted by Gasteiger charge is -2.26. The normalized spacial score (nSPS) is 23.0. The number of likely N-dealkylation sites (tertiary alicyclic amines) is 1. The SMILES string of the molecule is CC(CCCC(=O)N1CC[C@@H]2C(C(=O)O)[C@@H]2C1)NC(=O)OCC1c2ccccc2-c2ccccc21. The van der Waals surface area contributed by atoms with Crippen LogP contribution in [0.25, 0.3) is 11.1 Å². The van der Waals surface area contributed by atoms with Crippen LogP contribution in [0.15, 0.2) is 48.5 Å². The van der Waals surface area contributed by atoms with Gasteiger partial charge in [-0.15, -0.1) is 0 Å². The molecule has 0 aromatic heterocycles. The zero-order valence-corrected chi connectivity index (χ0v) is 20.0. The van der Waals surface area contributed by atoms with E-state index in [1.54, 1.807) is 0 Å². The fourth-order valence-corrected chi connectivity index (χ4v) is 5.96. The highest BCUT2D eigenvalue weighted by molar-refractivity contribution is 5.79. The van der Waals surface area contributed by atoms with Gasteiger partial charge in [0.1, 0.15) is 6.61 Å². The van der Waals surface area contributed by atoms with Crippen LogP contribution in [0.2, 0.25) is 0 Å². The highest BCUT2D eigenvalue weighted by atomic mass is 16.5. The summed E-state index contributed by atoms with van der Waals surface area (Å²) >= 11 is 0. The van der Waals surface area contributed by atoms with Gasteiger partial charge in [0, 0.05) is 31.5 Å². The minimum absolute atomic E-state index is 0.0254. The minimum Gasteiger partial charge on any atom is -0.481 e. The lowest BCUT2D eigenvalue weighted by molar-refractivity contribution is -0.139. The monoisotopic (exact) mass is 476 g/mol. The van der Waals surface area contributed by atoms with E-state index in [-0.39, 0.29) is 42.2 Å². The number of rotatable bonds is 8. The van der Waals surface area contributed by atoms with Crippen molar-refractivity contribution in [3.8, 4) is 11.1 Å². The quantitative estimate of drug-likeness (QED) is 0.593. The predicted molar refractivity (Wildman–Crippen MR) is 131 cm³/mol. The maximum absolute atomic E-state index is 12.6.